The lowest BCUT2D eigenvalue weighted by molar-refractivity contribution is 0.388. The second kappa shape index (κ2) is 6.77. The standard InChI is InChI=1S/C16H26ClN3/c1-11(2)18-8-14-7-15(17)16(19-9-14)20-10-12(3)5-6-13(20)4/h7,9,11-13,18H,5-6,8,10H2,1-4H3. The number of hydrogen-bond acceptors (Lipinski definition) is 3. The van der Waals surface area contributed by atoms with Gasteiger partial charge in [-0.2, -0.15) is 0 Å². The summed E-state index contributed by atoms with van der Waals surface area (Å²) in [5.41, 5.74) is 1.14. The van der Waals surface area contributed by atoms with Crippen LogP contribution in [-0.2, 0) is 6.54 Å². The highest BCUT2D eigenvalue weighted by molar-refractivity contribution is 6.33. The number of piperidine rings is 1. The second-order valence-electron chi connectivity index (χ2n) is 6.37. The maximum Gasteiger partial charge on any atom is 0.147 e. The first-order chi connectivity index (χ1) is 9.47. The van der Waals surface area contributed by atoms with E-state index in [2.05, 4.69) is 42.9 Å². The number of aromatic nitrogens is 1. The second-order valence-corrected chi connectivity index (χ2v) is 6.78. The molecule has 3 nitrogen and oxygen atoms in total. The molecule has 4 heteroatoms. The SMILES string of the molecule is CC1CCC(C)N(c2ncc(CNC(C)C)cc2Cl)C1. The summed E-state index contributed by atoms with van der Waals surface area (Å²) < 4.78 is 0. The molecule has 1 N–H and O–H groups in total. The molecule has 2 atom stereocenters. The van der Waals surface area contributed by atoms with Gasteiger partial charge in [-0.05, 0) is 37.3 Å². The quantitative estimate of drug-likeness (QED) is 0.914. The van der Waals surface area contributed by atoms with Gasteiger partial charge in [-0.25, -0.2) is 4.98 Å². The van der Waals surface area contributed by atoms with E-state index in [9.17, 15) is 0 Å². The van der Waals surface area contributed by atoms with E-state index in [0.717, 1.165) is 29.5 Å². The van der Waals surface area contributed by atoms with Crippen LogP contribution in [0.1, 0.15) is 46.1 Å². The van der Waals surface area contributed by atoms with Crippen LogP contribution in [0.25, 0.3) is 0 Å². The topological polar surface area (TPSA) is 28.2 Å². The van der Waals surface area contributed by atoms with Crippen LogP contribution in [0.4, 0.5) is 5.82 Å². The fourth-order valence-corrected chi connectivity index (χ4v) is 2.98. The highest BCUT2D eigenvalue weighted by atomic mass is 35.5. The first kappa shape index (κ1) is 15.6. The van der Waals surface area contributed by atoms with Gasteiger partial charge >= 0.3 is 0 Å². The highest BCUT2D eigenvalue weighted by Gasteiger charge is 2.25. The van der Waals surface area contributed by atoms with Gasteiger partial charge in [-0.1, -0.05) is 32.4 Å². The van der Waals surface area contributed by atoms with E-state index in [4.69, 9.17) is 11.6 Å². The summed E-state index contributed by atoms with van der Waals surface area (Å²) in [5, 5.41) is 4.16. The highest BCUT2D eigenvalue weighted by Crippen LogP contribution is 2.31. The van der Waals surface area contributed by atoms with Crippen LogP contribution in [0.15, 0.2) is 12.3 Å². The molecule has 1 aromatic rings. The predicted octanol–water partition coefficient (Wildman–Crippen LogP) is 3.86. The Morgan fingerprint density at radius 2 is 2.15 bits per heavy atom. The van der Waals surface area contributed by atoms with Crippen molar-refractivity contribution in [2.24, 2.45) is 5.92 Å². The molecule has 1 aliphatic rings. The van der Waals surface area contributed by atoms with Crippen molar-refractivity contribution in [2.45, 2.75) is 59.2 Å². The first-order valence-corrected chi connectivity index (χ1v) is 7.99. The molecule has 112 valence electrons. The monoisotopic (exact) mass is 295 g/mol. The fraction of sp³-hybridized carbons (Fsp3) is 0.688. The van der Waals surface area contributed by atoms with Crippen molar-refractivity contribution in [1.82, 2.24) is 10.3 Å². The minimum absolute atomic E-state index is 0.469. The number of rotatable bonds is 4. The van der Waals surface area contributed by atoms with Crippen LogP contribution in [0, 0.1) is 5.92 Å². The smallest absolute Gasteiger partial charge is 0.147 e. The van der Waals surface area contributed by atoms with E-state index in [1.54, 1.807) is 0 Å². The zero-order valence-electron chi connectivity index (χ0n) is 13.0. The molecule has 0 spiro atoms. The van der Waals surface area contributed by atoms with Gasteiger partial charge in [-0.15, -0.1) is 0 Å². The summed E-state index contributed by atoms with van der Waals surface area (Å²) in [6.07, 6.45) is 4.46. The third-order valence-electron chi connectivity index (χ3n) is 3.98. The lowest BCUT2D eigenvalue weighted by Gasteiger charge is -2.38. The summed E-state index contributed by atoms with van der Waals surface area (Å²) >= 11 is 6.46. The van der Waals surface area contributed by atoms with Crippen molar-refractivity contribution in [3.05, 3.63) is 22.8 Å². The fourth-order valence-electron chi connectivity index (χ4n) is 2.68. The maximum atomic E-state index is 6.46. The van der Waals surface area contributed by atoms with E-state index in [1.807, 2.05) is 12.3 Å². The van der Waals surface area contributed by atoms with Crippen molar-refractivity contribution in [2.75, 3.05) is 11.4 Å². The van der Waals surface area contributed by atoms with Crippen LogP contribution in [0.3, 0.4) is 0 Å². The van der Waals surface area contributed by atoms with E-state index >= 15 is 0 Å². The molecule has 1 fully saturated rings. The van der Waals surface area contributed by atoms with E-state index < -0.39 is 0 Å². The third-order valence-corrected chi connectivity index (χ3v) is 4.26. The van der Waals surface area contributed by atoms with Crippen molar-refractivity contribution in [1.29, 1.82) is 0 Å². The van der Waals surface area contributed by atoms with Gasteiger partial charge in [0, 0.05) is 31.4 Å². The maximum absolute atomic E-state index is 6.46. The molecule has 1 saturated heterocycles. The van der Waals surface area contributed by atoms with Crippen LogP contribution in [0.2, 0.25) is 5.02 Å². The van der Waals surface area contributed by atoms with Gasteiger partial charge in [0.05, 0.1) is 5.02 Å². The molecule has 20 heavy (non-hydrogen) atoms. The average molecular weight is 296 g/mol. The third kappa shape index (κ3) is 3.86. The lowest BCUT2D eigenvalue weighted by atomic mass is 9.95. The Morgan fingerprint density at radius 1 is 1.40 bits per heavy atom. The summed E-state index contributed by atoms with van der Waals surface area (Å²) in [6.45, 7) is 10.7. The van der Waals surface area contributed by atoms with E-state index in [1.165, 1.54) is 12.8 Å². The number of nitrogens with one attached hydrogen (secondary N) is 1. The van der Waals surface area contributed by atoms with Crippen LogP contribution in [-0.4, -0.2) is 23.6 Å². The number of pyridine rings is 1. The largest absolute Gasteiger partial charge is 0.352 e. The van der Waals surface area contributed by atoms with Gasteiger partial charge in [-0.3, -0.25) is 0 Å². The summed E-state index contributed by atoms with van der Waals surface area (Å²) in [4.78, 5) is 6.98. The van der Waals surface area contributed by atoms with Crippen LogP contribution >= 0.6 is 11.6 Å². The Bertz CT molecular complexity index is 447. The first-order valence-electron chi connectivity index (χ1n) is 7.61. The molecule has 1 aromatic heterocycles. The minimum atomic E-state index is 0.469. The van der Waals surface area contributed by atoms with Crippen LogP contribution < -0.4 is 10.2 Å². The summed E-state index contributed by atoms with van der Waals surface area (Å²) in [7, 11) is 0. The minimum Gasteiger partial charge on any atom is -0.352 e. The molecule has 0 aromatic carbocycles. The molecular weight excluding hydrogens is 270 g/mol. The molecular formula is C16H26ClN3. The Balaban J connectivity index is 2.12. The number of nitrogens with zero attached hydrogens (tertiary/aromatic N) is 2. The summed E-state index contributed by atoms with van der Waals surface area (Å²) in [5.74, 6) is 1.66. The van der Waals surface area contributed by atoms with Crippen molar-refractivity contribution in [3.8, 4) is 0 Å². The van der Waals surface area contributed by atoms with Gasteiger partial charge < -0.3 is 10.2 Å². The molecule has 0 aliphatic carbocycles. The number of hydrogen-bond donors (Lipinski definition) is 1. The summed E-state index contributed by atoms with van der Waals surface area (Å²) in [6, 6.07) is 3.04. The van der Waals surface area contributed by atoms with Crippen LogP contribution in [0.5, 0.6) is 0 Å². The number of anilines is 1. The van der Waals surface area contributed by atoms with Crippen molar-refractivity contribution >= 4 is 17.4 Å². The molecule has 2 heterocycles. The Hall–Kier alpha value is -0.800. The Morgan fingerprint density at radius 3 is 2.80 bits per heavy atom. The molecule has 0 saturated carbocycles. The average Bonchev–Trinajstić information content (AvgIpc) is 2.39. The molecule has 0 radical (unpaired) electrons. The predicted molar refractivity (Wildman–Crippen MR) is 86.4 cm³/mol. The van der Waals surface area contributed by atoms with E-state index in [0.29, 0.717) is 18.0 Å². The van der Waals surface area contributed by atoms with E-state index in [-0.39, 0.29) is 0 Å². The van der Waals surface area contributed by atoms with Gasteiger partial charge in [0.2, 0.25) is 0 Å². The molecule has 2 unspecified atom stereocenters. The molecule has 1 aliphatic heterocycles. The zero-order chi connectivity index (χ0) is 14.7. The molecule has 2 rings (SSSR count). The lowest BCUT2D eigenvalue weighted by Crippen LogP contribution is -2.41. The van der Waals surface area contributed by atoms with Crippen molar-refractivity contribution in [3.63, 3.8) is 0 Å². The van der Waals surface area contributed by atoms with Crippen molar-refractivity contribution < 1.29 is 0 Å². The van der Waals surface area contributed by atoms with Gasteiger partial charge in [0.1, 0.15) is 5.82 Å². The normalized spacial score (nSPS) is 23.4. The number of halogens is 1. The Labute approximate surface area is 127 Å². The van der Waals surface area contributed by atoms with Gasteiger partial charge in [0.25, 0.3) is 0 Å². The zero-order valence-corrected chi connectivity index (χ0v) is 13.7. The van der Waals surface area contributed by atoms with Gasteiger partial charge in [0.15, 0.2) is 0 Å². The Kier molecular flexibility index (Phi) is 5.28. The molecule has 0 bridgehead atoms. The molecule has 0 amide bonds.